The number of sulfonamides is 1. The van der Waals surface area contributed by atoms with Crippen LogP contribution >= 0.6 is 51.6 Å². The van der Waals surface area contributed by atoms with Gasteiger partial charge in [-0.25, -0.2) is 18.4 Å². The van der Waals surface area contributed by atoms with Crippen LogP contribution in [0.25, 0.3) is 11.2 Å². The lowest BCUT2D eigenvalue weighted by atomic mass is 10.2. The van der Waals surface area contributed by atoms with Crippen molar-refractivity contribution < 1.29 is 8.42 Å². The van der Waals surface area contributed by atoms with Gasteiger partial charge in [-0.3, -0.25) is 8.64 Å². The van der Waals surface area contributed by atoms with Gasteiger partial charge in [0.05, 0.1) is 29.7 Å². The normalized spacial score (nSPS) is 12.2. The van der Waals surface area contributed by atoms with Gasteiger partial charge in [-0.1, -0.05) is 23.2 Å². The number of halogens is 3. The third-order valence-corrected chi connectivity index (χ3v) is 7.67. The van der Waals surface area contributed by atoms with E-state index < -0.39 is 10.0 Å². The molecule has 0 radical (unpaired) electrons. The predicted octanol–water partition coefficient (Wildman–Crippen LogP) is 4.98. The number of aromatic nitrogens is 3. The summed E-state index contributed by atoms with van der Waals surface area (Å²) in [4.78, 5) is 8.97. The Labute approximate surface area is 181 Å². The summed E-state index contributed by atoms with van der Waals surface area (Å²) in [6.07, 6.45) is 1.55. The summed E-state index contributed by atoms with van der Waals surface area (Å²) in [6, 6.07) is 6.64. The predicted molar refractivity (Wildman–Crippen MR) is 123 cm³/mol. The van der Waals surface area contributed by atoms with Crippen LogP contribution in [0.4, 0.5) is 17.1 Å². The first-order chi connectivity index (χ1) is 12.6. The molecule has 0 saturated heterocycles. The highest BCUT2D eigenvalue weighted by atomic mass is 127. The van der Waals surface area contributed by atoms with Crippen LogP contribution in [0.2, 0.25) is 10.2 Å². The van der Waals surface area contributed by atoms with Crippen LogP contribution in [-0.2, 0) is 10.0 Å². The maximum Gasteiger partial charge on any atom is 0.232 e. The number of anilines is 3. The molecule has 0 amide bonds. The Balaban J connectivity index is 2.17. The van der Waals surface area contributed by atoms with Gasteiger partial charge >= 0.3 is 0 Å². The summed E-state index contributed by atoms with van der Waals surface area (Å²) in [5.74, 6) is 0.820. The van der Waals surface area contributed by atoms with E-state index in [2.05, 4.69) is 37.3 Å². The lowest BCUT2D eigenvalue weighted by Gasteiger charge is -2.21. The van der Waals surface area contributed by atoms with E-state index in [0.29, 0.717) is 44.8 Å². The van der Waals surface area contributed by atoms with Crippen LogP contribution in [0.5, 0.6) is 0 Å². The number of fused-ring (bicyclic) bond motifs is 1. The van der Waals surface area contributed by atoms with Crippen LogP contribution in [0, 0.1) is 6.92 Å². The highest BCUT2D eigenvalue weighted by molar-refractivity contribution is 14.2. The number of hydrogen-bond acceptors (Lipinski definition) is 5. The molecule has 1 atom stereocenters. The monoisotopic (exact) mass is 557 g/mol. The molecule has 0 spiro atoms. The van der Waals surface area contributed by atoms with Crippen molar-refractivity contribution in [2.75, 3.05) is 22.9 Å². The smallest absolute Gasteiger partial charge is 0.232 e. The number of aryl methyl sites for hydroxylation is 1. The topological polar surface area (TPSA) is 80.1 Å². The number of imidazole rings is 1. The van der Waals surface area contributed by atoms with Crippen LogP contribution < -0.4 is 9.62 Å². The molecule has 1 aromatic carbocycles. The van der Waals surface area contributed by atoms with Crippen molar-refractivity contribution in [3.63, 3.8) is 0 Å². The van der Waals surface area contributed by atoms with E-state index in [-0.39, 0.29) is 0 Å². The fourth-order valence-corrected chi connectivity index (χ4v) is 5.52. The Kier molecular flexibility index (Phi) is 6.08. The van der Waals surface area contributed by atoms with Gasteiger partial charge < -0.3 is 5.32 Å². The largest absolute Gasteiger partial charge is 0.352 e. The number of pyridine rings is 1. The molecule has 1 unspecified atom stereocenters. The molecule has 12 heteroatoms. The average molecular weight is 558 g/mol. The van der Waals surface area contributed by atoms with Gasteiger partial charge in [0.15, 0.2) is 5.65 Å². The highest BCUT2D eigenvalue weighted by Gasteiger charge is 2.19. The van der Waals surface area contributed by atoms with Gasteiger partial charge in [-0.15, -0.1) is 0 Å². The molecular formula is C15H15Cl2IN5O2PS. The molecule has 0 aliphatic carbocycles. The molecule has 1 N–H and O–H groups in total. The summed E-state index contributed by atoms with van der Waals surface area (Å²) >= 11 is 14.5. The Morgan fingerprint density at radius 3 is 2.56 bits per heavy atom. The van der Waals surface area contributed by atoms with E-state index in [1.807, 2.05) is 11.3 Å². The Bertz CT molecular complexity index is 1140. The van der Waals surface area contributed by atoms with Crippen LogP contribution in [0.3, 0.4) is 0 Å². The number of benzene rings is 1. The third kappa shape index (κ3) is 4.27. The average Bonchev–Trinajstić information content (AvgIpc) is 2.90. The lowest BCUT2D eigenvalue weighted by molar-refractivity contribution is 0.600. The van der Waals surface area contributed by atoms with Crippen molar-refractivity contribution >= 4 is 89.9 Å². The van der Waals surface area contributed by atoms with Crippen LogP contribution in [-0.4, -0.2) is 36.0 Å². The molecular weight excluding hydrogens is 543 g/mol. The standard InChI is InChI=1S/C15H15Cl2IN5O2PS/c1-8-19-14-11(7-13(17)21-15(14)23(8)26-18)20-10-5-4-9(16)6-12(10)22(2)27(3,24)25/h4-7,26H,1-3H3,(H,20,21). The number of rotatable bonds is 5. The summed E-state index contributed by atoms with van der Waals surface area (Å²) in [7, 11) is -2.00. The van der Waals surface area contributed by atoms with Gasteiger partial charge in [-0.05, 0) is 47.2 Å². The zero-order valence-electron chi connectivity index (χ0n) is 14.5. The van der Waals surface area contributed by atoms with E-state index in [4.69, 9.17) is 23.2 Å². The fourth-order valence-electron chi connectivity index (χ4n) is 2.52. The van der Waals surface area contributed by atoms with Crippen molar-refractivity contribution in [3.8, 4) is 0 Å². The molecule has 27 heavy (non-hydrogen) atoms. The van der Waals surface area contributed by atoms with Gasteiger partial charge in [0.1, 0.15) is 16.5 Å². The lowest BCUT2D eigenvalue weighted by Crippen LogP contribution is -2.25. The molecule has 7 nitrogen and oxygen atoms in total. The fraction of sp³-hybridized carbons (Fsp3) is 0.200. The second kappa shape index (κ2) is 7.87. The molecule has 144 valence electrons. The van der Waals surface area contributed by atoms with Crippen molar-refractivity contribution in [1.29, 1.82) is 0 Å². The van der Waals surface area contributed by atoms with Crippen molar-refractivity contribution in [3.05, 3.63) is 40.3 Å². The van der Waals surface area contributed by atoms with Crippen LogP contribution in [0.1, 0.15) is 5.82 Å². The molecule has 0 aliphatic rings. The van der Waals surface area contributed by atoms with E-state index >= 15 is 0 Å². The van der Waals surface area contributed by atoms with Crippen molar-refractivity contribution in [1.82, 2.24) is 14.3 Å². The maximum atomic E-state index is 12.0. The number of nitrogens with one attached hydrogen (secondary N) is 1. The summed E-state index contributed by atoms with van der Waals surface area (Å²) in [5.41, 5.74) is 2.93. The first-order valence-electron chi connectivity index (χ1n) is 7.54. The molecule has 3 aromatic rings. The third-order valence-electron chi connectivity index (χ3n) is 3.90. The van der Waals surface area contributed by atoms with E-state index in [1.165, 1.54) is 7.05 Å². The molecule has 0 fully saturated rings. The minimum absolute atomic E-state index is 0.313. The van der Waals surface area contributed by atoms with E-state index in [1.54, 1.807) is 24.3 Å². The quantitative estimate of drug-likeness (QED) is 0.272. The first-order valence-corrected chi connectivity index (χ1v) is 14.2. The second-order valence-electron chi connectivity index (χ2n) is 5.76. The van der Waals surface area contributed by atoms with Crippen molar-refractivity contribution in [2.24, 2.45) is 0 Å². The van der Waals surface area contributed by atoms with Gasteiger partial charge in [0, 0.05) is 18.1 Å². The van der Waals surface area contributed by atoms with E-state index in [0.717, 1.165) is 16.4 Å². The summed E-state index contributed by atoms with van der Waals surface area (Å²) < 4.78 is 27.2. The molecule has 0 saturated carbocycles. The van der Waals surface area contributed by atoms with Gasteiger partial charge in [0.25, 0.3) is 0 Å². The zero-order valence-corrected chi connectivity index (χ0v) is 19.9. The minimum Gasteiger partial charge on any atom is -0.352 e. The minimum atomic E-state index is -3.47. The van der Waals surface area contributed by atoms with Gasteiger partial charge in [-0.2, -0.15) is 0 Å². The molecule has 3 rings (SSSR count). The summed E-state index contributed by atoms with van der Waals surface area (Å²) in [6.45, 7) is 1.90. The summed E-state index contributed by atoms with van der Waals surface area (Å²) in [5, 5.41) is 3.98. The molecule has 0 bridgehead atoms. The molecule has 2 heterocycles. The molecule has 0 aliphatic heterocycles. The number of nitrogens with zero attached hydrogens (tertiary/aromatic N) is 4. The first kappa shape index (κ1) is 20.9. The number of hydrogen-bond donors (Lipinski definition) is 1. The SMILES string of the molecule is Cc1nc2c(Nc3ccc(Cl)cc3N(C)S(C)(=O)=O)cc(Cl)nc2n1PI. The molecule has 2 aromatic heterocycles. The highest BCUT2D eigenvalue weighted by Crippen LogP contribution is 2.37. The maximum absolute atomic E-state index is 12.0. The zero-order chi connectivity index (χ0) is 19.9. The Morgan fingerprint density at radius 1 is 1.22 bits per heavy atom. The van der Waals surface area contributed by atoms with Gasteiger partial charge in [0.2, 0.25) is 10.0 Å². The van der Waals surface area contributed by atoms with E-state index in [9.17, 15) is 8.42 Å². The van der Waals surface area contributed by atoms with Crippen molar-refractivity contribution in [2.45, 2.75) is 6.92 Å². The van der Waals surface area contributed by atoms with Crippen LogP contribution in [0.15, 0.2) is 24.3 Å². The Hall–Kier alpha value is -0.870. The Morgan fingerprint density at radius 2 is 1.93 bits per heavy atom. The second-order valence-corrected chi connectivity index (χ2v) is 10.7.